The lowest BCUT2D eigenvalue weighted by atomic mass is 10.1. The second-order valence-corrected chi connectivity index (χ2v) is 3.81. The molecule has 84 valence electrons. The third kappa shape index (κ3) is 8.01. The summed E-state index contributed by atoms with van der Waals surface area (Å²) in [6, 6.07) is -0.497. The number of carbonyl (C=O) groups is 1. The van der Waals surface area contributed by atoms with E-state index in [0.29, 0.717) is 19.1 Å². The van der Waals surface area contributed by atoms with Gasteiger partial charge in [-0.25, -0.2) is 0 Å². The fourth-order valence-electron chi connectivity index (χ4n) is 0.856. The summed E-state index contributed by atoms with van der Waals surface area (Å²) in [4.78, 5) is 10.4. The predicted molar refractivity (Wildman–Crippen MR) is 55.4 cm³/mol. The molecule has 0 fully saturated rings. The molecule has 1 unspecified atom stereocenters. The molecule has 2 N–H and O–H groups in total. The van der Waals surface area contributed by atoms with Gasteiger partial charge in [-0.15, -0.1) is 0 Å². The summed E-state index contributed by atoms with van der Waals surface area (Å²) < 4.78 is 5.32. The quantitative estimate of drug-likeness (QED) is 0.580. The minimum absolute atomic E-state index is 0.497. The molecule has 0 radical (unpaired) electrons. The summed E-state index contributed by atoms with van der Waals surface area (Å²) in [6.07, 6.45) is 1.05. The molecule has 0 aliphatic heterocycles. The van der Waals surface area contributed by atoms with Crippen LogP contribution in [0.1, 0.15) is 27.2 Å². The van der Waals surface area contributed by atoms with Gasteiger partial charge in [0.05, 0.1) is 6.61 Å². The van der Waals surface area contributed by atoms with Crippen LogP contribution in [0.15, 0.2) is 0 Å². The van der Waals surface area contributed by atoms with Gasteiger partial charge in [-0.3, -0.25) is 4.79 Å². The molecular formula is C10H21NO3. The van der Waals surface area contributed by atoms with E-state index in [1.165, 1.54) is 0 Å². The van der Waals surface area contributed by atoms with Crippen molar-refractivity contribution in [1.29, 1.82) is 0 Å². The monoisotopic (exact) mass is 203 g/mol. The lowest BCUT2D eigenvalue weighted by molar-refractivity contribution is -0.139. The maximum absolute atomic E-state index is 10.4. The predicted octanol–water partition coefficient (Wildman–Crippen LogP) is 1.11. The Morgan fingerprint density at radius 1 is 1.36 bits per heavy atom. The van der Waals surface area contributed by atoms with Gasteiger partial charge in [0.1, 0.15) is 6.04 Å². The van der Waals surface area contributed by atoms with Crippen molar-refractivity contribution >= 4 is 5.97 Å². The number of carboxylic acids is 1. The third-order valence-corrected chi connectivity index (χ3v) is 1.91. The van der Waals surface area contributed by atoms with E-state index in [1.807, 2.05) is 0 Å². The lowest BCUT2D eigenvalue weighted by Gasteiger charge is -2.09. The van der Waals surface area contributed by atoms with Gasteiger partial charge in [-0.1, -0.05) is 13.8 Å². The van der Waals surface area contributed by atoms with Crippen LogP contribution >= 0.6 is 0 Å². The van der Waals surface area contributed by atoms with Crippen LogP contribution in [0, 0.1) is 5.92 Å². The van der Waals surface area contributed by atoms with E-state index >= 15 is 0 Å². The summed E-state index contributed by atoms with van der Waals surface area (Å²) in [7, 11) is 0. The standard InChI is InChI=1S/C10H21NO3/c1-8(2)4-6-14-7-5-11-9(3)10(12)13/h8-9,11H,4-7H2,1-3H3,(H,12,13). The summed E-state index contributed by atoms with van der Waals surface area (Å²) in [5.41, 5.74) is 0. The van der Waals surface area contributed by atoms with Crippen molar-refractivity contribution in [2.75, 3.05) is 19.8 Å². The van der Waals surface area contributed by atoms with Crippen molar-refractivity contribution in [2.45, 2.75) is 33.2 Å². The third-order valence-electron chi connectivity index (χ3n) is 1.91. The fourth-order valence-corrected chi connectivity index (χ4v) is 0.856. The largest absolute Gasteiger partial charge is 0.480 e. The first kappa shape index (κ1) is 13.4. The normalized spacial score (nSPS) is 13.1. The van der Waals surface area contributed by atoms with Gasteiger partial charge in [0.2, 0.25) is 0 Å². The number of hydrogen-bond acceptors (Lipinski definition) is 3. The molecular weight excluding hydrogens is 182 g/mol. The minimum atomic E-state index is -0.827. The van der Waals surface area contributed by atoms with Gasteiger partial charge in [0.25, 0.3) is 0 Å². The van der Waals surface area contributed by atoms with E-state index in [1.54, 1.807) is 6.92 Å². The number of ether oxygens (including phenoxy) is 1. The van der Waals surface area contributed by atoms with Crippen LogP contribution in [0.25, 0.3) is 0 Å². The highest BCUT2D eigenvalue weighted by atomic mass is 16.5. The zero-order valence-electron chi connectivity index (χ0n) is 9.25. The molecule has 0 rings (SSSR count). The Balaban J connectivity index is 3.17. The Kier molecular flexibility index (Phi) is 7.42. The summed E-state index contributed by atoms with van der Waals surface area (Å²) >= 11 is 0. The first-order chi connectivity index (χ1) is 6.54. The van der Waals surface area contributed by atoms with Crippen molar-refractivity contribution in [3.8, 4) is 0 Å². The molecule has 4 nitrogen and oxygen atoms in total. The number of aliphatic carboxylic acids is 1. The van der Waals surface area contributed by atoms with E-state index in [-0.39, 0.29) is 0 Å². The number of hydrogen-bond donors (Lipinski definition) is 2. The fraction of sp³-hybridized carbons (Fsp3) is 0.900. The van der Waals surface area contributed by atoms with Gasteiger partial charge in [-0.2, -0.15) is 0 Å². The number of carboxylic acid groups (broad SMARTS) is 1. The molecule has 0 aromatic heterocycles. The van der Waals surface area contributed by atoms with Crippen LogP contribution in [-0.2, 0) is 9.53 Å². The maximum atomic E-state index is 10.4. The molecule has 0 spiro atoms. The Hall–Kier alpha value is -0.610. The van der Waals surface area contributed by atoms with Gasteiger partial charge >= 0.3 is 5.97 Å². The first-order valence-electron chi connectivity index (χ1n) is 5.08. The smallest absolute Gasteiger partial charge is 0.320 e. The zero-order valence-corrected chi connectivity index (χ0v) is 9.25. The van der Waals surface area contributed by atoms with Crippen molar-refractivity contribution in [3.05, 3.63) is 0 Å². The molecule has 0 aromatic rings. The molecule has 0 saturated heterocycles. The van der Waals surface area contributed by atoms with Gasteiger partial charge in [0, 0.05) is 13.2 Å². The number of rotatable bonds is 8. The van der Waals surface area contributed by atoms with E-state index in [4.69, 9.17) is 9.84 Å². The zero-order chi connectivity index (χ0) is 11.0. The molecule has 4 heteroatoms. The molecule has 14 heavy (non-hydrogen) atoms. The maximum Gasteiger partial charge on any atom is 0.320 e. The average Bonchev–Trinajstić information content (AvgIpc) is 2.09. The molecule has 0 saturated carbocycles. The highest BCUT2D eigenvalue weighted by molar-refractivity contribution is 5.72. The van der Waals surface area contributed by atoms with Gasteiger partial charge < -0.3 is 15.2 Å². The SMILES string of the molecule is CC(C)CCOCCNC(C)C(=O)O. The second kappa shape index (κ2) is 7.76. The van der Waals surface area contributed by atoms with E-state index in [2.05, 4.69) is 19.2 Å². The van der Waals surface area contributed by atoms with Crippen molar-refractivity contribution in [1.82, 2.24) is 5.32 Å². The molecule has 1 atom stereocenters. The molecule has 0 amide bonds. The van der Waals surface area contributed by atoms with Crippen LogP contribution in [0.2, 0.25) is 0 Å². The van der Waals surface area contributed by atoms with Gasteiger partial charge in [-0.05, 0) is 19.3 Å². The molecule has 0 aliphatic carbocycles. The summed E-state index contributed by atoms with van der Waals surface area (Å²) in [6.45, 7) is 7.83. The van der Waals surface area contributed by atoms with Crippen LogP contribution in [0.3, 0.4) is 0 Å². The highest BCUT2D eigenvalue weighted by Crippen LogP contribution is 1.98. The van der Waals surface area contributed by atoms with E-state index in [0.717, 1.165) is 13.0 Å². The lowest BCUT2D eigenvalue weighted by Crippen LogP contribution is -2.35. The molecule has 0 heterocycles. The van der Waals surface area contributed by atoms with Gasteiger partial charge in [0.15, 0.2) is 0 Å². The Morgan fingerprint density at radius 3 is 2.50 bits per heavy atom. The van der Waals surface area contributed by atoms with E-state index < -0.39 is 12.0 Å². The summed E-state index contributed by atoms with van der Waals surface area (Å²) in [5, 5.41) is 11.4. The van der Waals surface area contributed by atoms with Crippen LogP contribution in [0.4, 0.5) is 0 Å². The van der Waals surface area contributed by atoms with Crippen LogP contribution in [0.5, 0.6) is 0 Å². The topological polar surface area (TPSA) is 58.6 Å². The Bertz CT molecular complexity index is 159. The van der Waals surface area contributed by atoms with Crippen LogP contribution in [-0.4, -0.2) is 36.9 Å². The Labute approximate surface area is 85.6 Å². The molecule has 0 aromatic carbocycles. The Morgan fingerprint density at radius 2 is 2.00 bits per heavy atom. The molecule has 0 aliphatic rings. The molecule has 0 bridgehead atoms. The summed E-state index contributed by atoms with van der Waals surface area (Å²) in [5.74, 6) is -0.173. The second-order valence-electron chi connectivity index (χ2n) is 3.81. The average molecular weight is 203 g/mol. The minimum Gasteiger partial charge on any atom is -0.480 e. The van der Waals surface area contributed by atoms with Crippen molar-refractivity contribution in [2.24, 2.45) is 5.92 Å². The number of nitrogens with one attached hydrogen (secondary N) is 1. The van der Waals surface area contributed by atoms with Crippen LogP contribution < -0.4 is 5.32 Å². The highest BCUT2D eigenvalue weighted by Gasteiger charge is 2.08. The van der Waals surface area contributed by atoms with E-state index in [9.17, 15) is 4.79 Å². The first-order valence-corrected chi connectivity index (χ1v) is 5.08. The van der Waals surface area contributed by atoms with Crippen molar-refractivity contribution < 1.29 is 14.6 Å². The van der Waals surface area contributed by atoms with Crippen molar-refractivity contribution in [3.63, 3.8) is 0 Å².